The van der Waals surface area contributed by atoms with Crippen molar-refractivity contribution in [3.8, 4) is 0 Å². The van der Waals surface area contributed by atoms with Gasteiger partial charge in [-0.3, -0.25) is 0 Å². The van der Waals surface area contributed by atoms with Crippen LogP contribution in [-0.4, -0.2) is 53.2 Å². The van der Waals surface area contributed by atoms with E-state index in [-0.39, 0.29) is 24.2 Å². The monoisotopic (exact) mass is 359 g/mol. The molecule has 1 atom stereocenters. The highest BCUT2D eigenvalue weighted by Gasteiger charge is 2.39. The molecule has 0 aliphatic carbocycles. The number of carbonyl (C=O) groups excluding carboxylic acids is 2. The average molecular weight is 359 g/mol. The molecule has 6 nitrogen and oxygen atoms in total. The number of likely N-dealkylation sites (tertiary alicyclic amines) is 1. The standard InChI is InChI=1S/C20H29N3O3/c1-14-6-5-7-15(12-14)17-13-21-18(24)23(17)16-8-10-22(11-9-16)19(25)26-20(2,3)4/h5-7,12,16-17H,8-11,13H2,1-4H3,(H,21,24)/t17-/m0/s1. The van der Waals surface area contributed by atoms with Crippen molar-refractivity contribution in [1.82, 2.24) is 15.1 Å². The Morgan fingerprint density at radius 3 is 2.54 bits per heavy atom. The molecule has 0 spiro atoms. The van der Waals surface area contributed by atoms with E-state index in [9.17, 15) is 9.59 Å². The van der Waals surface area contributed by atoms with E-state index < -0.39 is 5.60 Å². The van der Waals surface area contributed by atoms with E-state index in [1.807, 2.05) is 31.7 Å². The zero-order valence-electron chi connectivity index (χ0n) is 16.1. The minimum atomic E-state index is -0.487. The maximum absolute atomic E-state index is 12.5. The number of urea groups is 1. The normalized spacial score (nSPS) is 21.7. The molecule has 0 bridgehead atoms. The molecule has 0 saturated carbocycles. The zero-order chi connectivity index (χ0) is 18.9. The fourth-order valence-electron chi connectivity index (χ4n) is 3.74. The number of hydrogen-bond donors (Lipinski definition) is 1. The molecule has 3 amide bonds. The first-order valence-electron chi connectivity index (χ1n) is 9.35. The Balaban J connectivity index is 1.66. The summed E-state index contributed by atoms with van der Waals surface area (Å²) < 4.78 is 5.46. The minimum Gasteiger partial charge on any atom is -0.444 e. The molecule has 6 heteroatoms. The van der Waals surface area contributed by atoms with Gasteiger partial charge in [0.25, 0.3) is 0 Å². The van der Waals surface area contributed by atoms with Gasteiger partial charge in [-0.1, -0.05) is 29.8 Å². The van der Waals surface area contributed by atoms with Gasteiger partial charge in [0.1, 0.15) is 5.60 Å². The average Bonchev–Trinajstić information content (AvgIpc) is 2.95. The molecule has 1 aromatic carbocycles. The predicted octanol–water partition coefficient (Wildman–Crippen LogP) is 3.46. The SMILES string of the molecule is Cc1cccc([C@@H]2CNC(=O)N2C2CCN(C(=O)OC(C)(C)C)CC2)c1. The lowest BCUT2D eigenvalue weighted by molar-refractivity contribution is 0.0158. The summed E-state index contributed by atoms with van der Waals surface area (Å²) in [6, 6.07) is 8.53. The second-order valence-corrected chi connectivity index (χ2v) is 8.22. The van der Waals surface area contributed by atoms with E-state index in [1.165, 1.54) is 5.56 Å². The lowest BCUT2D eigenvalue weighted by Crippen LogP contribution is -2.49. The summed E-state index contributed by atoms with van der Waals surface area (Å²) >= 11 is 0. The number of amides is 3. The van der Waals surface area contributed by atoms with Crippen LogP contribution in [0.1, 0.15) is 50.8 Å². The molecule has 0 unspecified atom stereocenters. The second kappa shape index (κ2) is 7.17. The Kier molecular flexibility index (Phi) is 5.12. The molecule has 0 radical (unpaired) electrons. The molecule has 2 aliphatic heterocycles. The van der Waals surface area contributed by atoms with Gasteiger partial charge in [-0.05, 0) is 46.1 Å². The van der Waals surface area contributed by atoms with Crippen molar-refractivity contribution < 1.29 is 14.3 Å². The highest BCUT2D eigenvalue weighted by molar-refractivity contribution is 5.77. The van der Waals surface area contributed by atoms with Gasteiger partial charge in [-0.15, -0.1) is 0 Å². The van der Waals surface area contributed by atoms with E-state index in [4.69, 9.17) is 4.74 Å². The number of nitrogens with one attached hydrogen (secondary N) is 1. The molecule has 0 aromatic heterocycles. The van der Waals surface area contributed by atoms with Gasteiger partial charge in [0.05, 0.1) is 6.04 Å². The third-order valence-electron chi connectivity index (χ3n) is 4.95. The summed E-state index contributed by atoms with van der Waals surface area (Å²) in [5.74, 6) is 0. The van der Waals surface area contributed by atoms with Crippen molar-refractivity contribution in [2.75, 3.05) is 19.6 Å². The van der Waals surface area contributed by atoms with Crippen molar-refractivity contribution >= 4 is 12.1 Å². The van der Waals surface area contributed by atoms with Crippen LogP contribution < -0.4 is 5.32 Å². The van der Waals surface area contributed by atoms with Crippen LogP contribution >= 0.6 is 0 Å². The Morgan fingerprint density at radius 1 is 1.23 bits per heavy atom. The van der Waals surface area contributed by atoms with Gasteiger partial charge in [-0.2, -0.15) is 0 Å². The number of nitrogens with zero attached hydrogens (tertiary/aromatic N) is 2. The lowest BCUT2D eigenvalue weighted by atomic mass is 9.98. The summed E-state index contributed by atoms with van der Waals surface area (Å²) in [4.78, 5) is 28.4. The highest BCUT2D eigenvalue weighted by Crippen LogP contribution is 2.31. The van der Waals surface area contributed by atoms with E-state index >= 15 is 0 Å². The predicted molar refractivity (Wildman–Crippen MR) is 100.0 cm³/mol. The second-order valence-electron chi connectivity index (χ2n) is 8.22. The van der Waals surface area contributed by atoms with Gasteiger partial charge in [0.15, 0.2) is 0 Å². The van der Waals surface area contributed by atoms with Gasteiger partial charge in [0.2, 0.25) is 0 Å². The number of aryl methyl sites for hydroxylation is 1. The van der Waals surface area contributed by atoms with Crippen LogP contribution in [0.3, 0.4) is 0 Å². The van der Waals surface area contributed by atoms with Crippen molar-refractivity contribution in [2.45, 2.75) is 58.2 Å². The maximum Gasteiger partial charge on any atom is 0.410 e. The van der Waals surface area contributed by atoms with E-state index in [0.717, 1.165) is 18.4 Å². The number of carbonyl (C=O) groups is 2. The Bertz CT molecular complexity index is 675. The molecular formula is C20H29N3O3. The lowest BCUT2D eigenvalue weighted by Gasteiger charge is -2.39. The Hall–Kier alpha value is -2.24. The Morgan fingerprint density at radius 2 is 1.92 bits per heavy atom. The van der Waals surface area contributed by atoms with Gasteiger partial charge < -0.3 is 19.9 Å². The summed E-state index contributed by atoms with van der Waals surface area (Å²) in [5.41, 5.74) is 1.87. The van der Waals surface area contributed by atoms with Crippen LogP contribution in [0.4, 0.5) is 9.59 Å². The van der Waals surface area contributed by atoms with Crippen molar-refractivity contribution in [3.63, 3.8) is 0 Å². The zero-order valence-corrected chi connectivity index (χ0v) is 16.1. The molecule has 1 aromatic rings. The summed E-state index contributed by atoms with van der Waals surface area (Å²) in [5, 5.41) is 2.98. The fraction of sp³-hybridized carbons (Fsp3) is 0.600. The van der Waals surface area contributed by atoms with Crippen LogP contribution in [0.5, 0.6) is 0 Å². The molecule has 2 aliphatic rings. The highest BCUT2D eigenvalue weighted by atomic mass is 16.6. The maximum atomic E-state index is 12.5. The molecule has 1 N–H and O–H groups in total. The number of benzene rings is 1. The number of ether oxygens (including phenoxy) is 1. The third-order valence-corrected chi connectivity index (χ3v) is 4.95. The van der Waals surface area contributed by atoms with Crippen LogP contribution in [0.2, 0.25) is 0 Å². The number of hydrogen-bond acceptors (Lipinski definition) is 3. The minimum absolute atomic E-state index is 0.00720. The summed E-state index contributed by atoms with van der Waals surface area (Å²) in [7, 11) is 0. The van der Waals surface area contributed by atoms with Gasteiger partial charge >= 0.3 is 12.1 Å². The first kappa shape index (κ1) is 18.5. The number of rotatable bonds is 2. The quantitative estimate of drug-likeness (QED) is 0.880. The molecule has 2 saturated heterocycles. The molecule has 2 fully saturated rings. The first-order chi connectivity index (χ1) is 12.2. The Labute approximate surface area is 155 Å². The van der Waals surface area contributed by atoms with Crippen molar-refractivity contribution in [3.05, 3.63) is 35.4 Å². The third kappa shape index (κ3) is 4.11. The van der Waals surface area contributed by atoms with Crippen LogP contribution in [0, 0.1) is 6.92 Å². The largest absolute Gasteiger partial charge is 0.444 e. The van der Waals surface area contributed by atoms with E-state index in [0.29, 0.717) is 19.6 Å². The molecule has 3 rings (SSSR count). The van der Waals surface area contributed by atoms with Crippen LogP contribution in [0.25, 0.3) is 0 Å². The smallest absolute Gasteiger partial charge is 0.410 e. The first-order valence-corrected chi connectivity index (χ1v) is 9.35. The van der Waals surface area contributed by atoms with Crippen molar-refractivity contribution in [1.29, 1.82) is 0 Å². The molecule has 2 heterocycles. The topological polar surface area (TPSA) is 61.9 Å². The number of piperidine rings is 1. The molecule has 26 heavy (non-hydrogen) atoms. The molecule has 142 valence electrons. The van der Waals surface area contributed by atoms with Crippen LogP contribution in [0.15, 0.2) is 24.3 Å². The van der Waals surface area contributed by atoms with E-state index in [2.05, 4.69) is 30.4 Å². The van der Waals surface area contributed by atoms with Crippen molar-refractivity contribution in [2.24, 2.45) is 0 Å². The van der Waals surface area contributed by atoms with E-state index in [1.54, 1.807) is 4.90 Å². The fourth-order valence-corrected chi connectivity index (χ4v) is 3.74. The summed E-state index contributed by atoms with van der Waals surface area (Å²) in [6.45, 7) is 9.55. The van der Waals surface area contributed by atoms with Gasteiger partial charge in [-0.25, -0.2) is 9.59 Å². The van der Waals surface area contributed by atoms with Gasteiger partial charge in [0, 0.05) is 25.7 Å². The molecular weight excluding hydrogens is 330 g/mol. The summed E-state index contributed by atoms with van der Waals surface area (Å²) in [6.07, 6.45) is 1.28. The van der Waals surface area contributed by atoms with Crippen LogP contribution in [-0.2, 0) is 4.74 Å².